The van der Waals surface area contributed by atoms with Crippen LogP contribution in [0.1, 0.15) is 48.9 Å². The molecule has 0 saturated heterocycles. The van der Waals surface area contributed by atoms with Gasteiger partial charge in [-0.2, -0.15) is 0 Å². The van der Waals surface area contributed by atoms with Crippen molar-refractivity contribution in [3.8, 4) is 11.5 Å². The molecule has 0 aromatic heterocycles. The number of ether oxygens (including phenoxy) is 2. The molecule has 162 valence electrons. The van der Waals surface area contributed by atoms with Crippen LogP contribution >= 0.6 is 0 Å². The zero-order valence-electron chi connectivity index (χ0n) is 18.2. The zero-order valence-corrected chi connectivity index (χ0v) is 18.2. The molecule has 1 aliphatic carbocycles. The van der Waals surface area contributed by atoms with Gasteiger partial charge in [-0.05, 0) is 47.4 Å². The fraction of sp³-hybridized carbons (Fsp3) is 0.103. The summed E-state index contributed by atoms with van der Waals surface area (Å²) in [4.78, 5) is 25.7. The van der Waals surface area contributed by atoms with E-state index in [-0.39, 0.29) is 11.7 Å². The first kappa shape index (κ1) is 20.7. The van der Waals surface area contributed by atoms with Crippen molar-refractivity contribution in [1.29, 1.82) is 0 Å². The predicted octanol–water partition coefficient (Wildman–Crippen LogP) is 5.83. The lowest BCUT2D eigenvalue weighted by molar-refractivity contribution is 0.0729. The number of hydrogen-bond donors (Lipinski definition) is 0. The average Bonchev–Trinajstić information content (AvgIpc) is 2.87. The molecule has 0 spiro atoms. The van der Waals surface area contributed by atoms with E-state index in [1.54, 1.807) is 31.4 Å². The van der Waals surface area contributed by atoms with E-state index in [4.69, 9.17) is 9.47 Å². The van der Waals surface area contributed by atoms with Gasteiger partial charge in [0.1, 0.15) is 0 Å². The van der Waals surface area contributed by atoms with Gasteiger partial charge in [0.15, 0.2) is 17.3 Å². The molecule has 0 amide bonds. The summed E-state index contributed by atoms with van der Waals surface area (Å²) in [7, 11) is 1.55. The Morgan fingerprint density at radius 1 is 0.758 bits per heavy atom. The number of esters is 1. The minimum Gasteiger partial charge on any atom is -0.493 e. The fourth-order valence-corrected chi connectivity index (χ4v) is 4.44. The van der Waals surface area contributed by atoms with Crippen LogP contribution in [0.5, 0.6) is 11.5 Å². The molecule has 0 unspecified atom stereocenters. The van der Waals surface area contributed by atoms with Gasteiger partial charge in [0.25, 0.3) is 0 Å². The van der Waals surface area contributed by atoms with Gasteiger partial charge < -0.3 is 9.47 Å². The van der Waals surface area contributed by atoms with Gasteiger partial charge in [-0.15, -0.1) is 0 Å². The molecule has 4 nitrogen and oxygen atoms in total. The first-order chi connectivity index (χ1) is 16.2. The van der Waals surface area contributed by atoms with Crippen molar-refractivity contribution in [3.05, 3.63) is 130 Å². The van der Waals surface area contributed by atoms with Crippen LogP contribution in [0.2, 0.25) is 0 Å². The Hall–Kier alpha value is -4.18. The molecule has 5 rings (SSSR count). The number of carbonyl (C=O) groups excluding carboxylic acids is 2. The number of rotatable bonds is 5. The van der Waals surface area contributed by atoms with Gasteiger partial charge >= 0.3 is 5.97 Å². The van der Waals surface area contributed by atoms with E-state index < -0.39 is 5.97 Å². The molecule has 4 heteroatoms. The second-order valence-electron chi connectivity index (χ2n) is 8.00. The van der Waals surface area contributed by atoms with Crippen LogP contribution in [-0.4, -0.2) is 18.9 Å². The maximum absolute atomic E-state index is 13.0. The highest BCUT2D eigenvalue weighted by Crippen LogP contribution is 2.39. The van der Waals surface area contributed by atoms with Crippen LogP contribution in [0, 0.1) is 0 Å². The highest BCUT2D eigenvalue weighted by Gasteiger charge is 2.30. The Morgan fingerprint density at radius 3 is 2.00 bits per heavy atom. The van der Waals surface area contributed by atoms with Crippen LogP contribution in [0.15, 0.2) is 97.1 Å². The maximum atomic E-state index is 13.0. The van der Waals surface area contributed by atoms with Crippen molar-refractivity contribution in [2.45, 2.75) is 12.3 Å². The third-order valence-corrected chi connectivity index (χ3v) is 6.04. The van der Waals surface area contributed by atoms with Crippen molar-refractivity contribution >= 4 is 11.8 Å². The molecule has 0 atom stereocenters. The topological polar surface area (TPSA) is 52.6 Å². The third kappa shape index (κ3) is 3.92. The number of carbonyl (C=O) groups is 2. The standard InChI is InChI=1S/C29H22O4/c1-32-26-16-15-19(18-27(26)33-29(31)20-9-3-2-4-10-20)17-25-21-11-5-7-13-23(21)28(30)24-14-8-6-12-22(24)25/h2-16,18,25H,17H2,1H3. The van der Waals surface area contributed by atoms with E-state index in [1.807, 2.05) is 72.8 Å². The second-order valence-corrected chi connectivity index (χ2v) is 8.00. The summed E-state index contributed by atoms with van der Waals surface area (Å²) in [6.45, 7) is 0. The van der Waals surface area contributed by atoms with Crippen molar-refractivity contribution in [2.75, 3.05) is 7.11 Å². The summed E-state index contributed by atoms with van der Waals surface area (Å²) < 4.78 is 11.1. The molecule has 1 aliphatic rings. The number of benzene rings is 4. The lowest BCUT2D eigenvalue weighted by Crippen LogP contribution is -2.21. The predicted molar refractivity (Wildman–Crippen MR) is 126 cm³/mol. The first-order valence-corrected chi connectivity index (χ1v) is 10.8. The average molecular weight is 434 g/mol. The summed E-state index contributed by atoms with van der Waals surface area (Å²) >= 11 is 0. The molecule has 0 N–H and O–H groups in total. The summed E-state index contributed by atoms with van der Waals surface area (Å²) in [5, 5.41) is 0. The Morgan fingerprint density at radius 2 is 1.36 bits per heavy atom. The monoisotopic (exact) mass is 434 g/mol. The van der Waals surface area contributed by atoms with Gasteiger partial charge in [0, 0.05) is 17.0 Å². The Bertz CT molecular complexity index is 1290. The summed E-state index contributed by atoms with van der Waals surface area (Å²) in [5.41, 5.74) is 4.96. The summed E-state index contributed by atoms with van der Waals surface area (Å²) in [6.07, 6.45) is 0.654. The molecule has 0 heterocycles. The van der Waals surface area contributed by atoms with E-state index in [9.17, 15) is 9.59 Å². The van der Waals surface area contributed by atoms with Crippen LogP contribution in [0.4, 0.5) is 0 Å². The van der Waals surface area contributed by atoms with Crippen molar-refractivity contribution < 1.29 is 19.1 Å². The van der Waals surface area contributed by atoms with Crippen LogP contribution in [0.3, 0.4) is 0 Å². The van der Waals surface area contributed by atoms with Gasteiger partial charge in [-0.1, -0.05) is 72.8 Å². The number of fused-ring (bicyclic) bond motifs is 2. The number of methoxy groups -OCH3 is 1. The summed E-state index contributed by atoms with van der Waals surface area (Å²) in [5.74, 6) is 0.496. The SMILES string of the molecule is COc1ccc(CC2c3ccccc3C(=O)c3ccccc32)cc1OC(=O)c1ccccc1. The molecule has 0 bridgehead atoms. The molecule has 33 heavy (non-hydrogen) atoms. The van der Waals surface area contributed by atoms with Gasteiger partial charge in [-0.3, -0.25) is 4.79 Å². The summed E-state index contributed by atoms with van der Waals surface area (Å²) in [6, 6.07) is 30.1. The molecular weight excluding hydrogens is 412 g/mol. The normalized spacial score (nSPS) is 12.6. The van der Waals surface area contributed by atoms with Crippen molar-refractivity contribution in [3.63, 3.8) is 0 Å². The van der Waals surface area contributed by atoms with Crippen LogP contribution < -0.4 is 9.47 Å². The lowest BCUT2D eigenvalue weighted by Gasteiger charge is -2.28. The molecular formula is C29H22O4. The van der Waals surface area contributed by atoms with Gasteiger partial charge in [0.2, 0.25) is 0 Å². The van der Waals surface area contributed by atoms with Gasteiger partial charge in [-0.25, -0.2) is 4.79 Å². The minimum absolute atomic E-state index is 0.0150. The van der Waals surface area contributed by atoms with Gasteiger partial charge in [0.05, 0.1) is 12.7 Å². The van der Waals surface area contributed by atoms with E-state index in [0.29, 0.717) is 23.5 Å². The smallest absolute Gasteiger partial charge is 0.343 e. The molecule has 0 aliphatic heterocycles. The quantitative estimate of drug-likeness (QED) is 0.293. The highest BCUT2D eigenvalue weighted by atomic mass is 16.6. The number of hydrogen-bond acceptors (Lipinski definition) is 4. The highest BCUT2D eigenvalue weighted by molar-refractivity contribution is 6.12. The van der Waals surface area contributed by atoms with Crippen LogP contribution in [-0.2, 0) is 6.42 Å². The third-order valence-electron chi connectivity index (χ3n) is 6.04. The van der Waals surface area contributed by atoms with E-state index in [1.165, 1.54) is 0 Å². The molecule has 4 aromatic carbocycles. The second kappa shape index (κ2) is 8.75. The zero-order chi connectivity index (χ0) is 22.8. The van der Waals surface area contributed by atoms with E-state index >= 15 is 0 Å². The van der Waals surface area contributed by atoms with Crippen molar-refractivity contribution in [2.24, 2.45) is 0 Å². The molecule has 0 radical (unpaired) electrons. The van der Waals surface area contributed by atoms with E-state index in [0.717, 1.165) is 27.8 Å². The van der Waals surface area contributed by atoms with Crippen LogP contribution in [0.25, 0.3) is 0 Å². The largest absolute Gasteiger partial charge is 0.493 e. The fourth-order valence-electron chi connectivity index (χ4n) is 4.44. The maximum Gasteiger partial charge on any atom is 0.343 e. The van der Waals surface area contributed by atoms with Crippen molar-refractivity contribution in [1.82, 2.24) is 0 Å². The Balaban J connectivity index is 1.50. The van der Waals surface area contributed by atoms with E-state index in [2.05, 4.69) is 0 Å². The minimum atomic E-state index is -0.440. The lowest BCUT2D eigenvalue weighted by atomic mass is 9.75. The molecule has 4 aromatic rings. The Kier molecular flexibility index (Phi) is 5.49. The first-order valence-electron chi connectivity index (χ1n) is 10.8. The Labute approximate surface area is 192 Å². The number of ketones is 1. The molecule has 0 saturated carbocycles. The molecule has 0 fully saturated rings.